The van der Waals surface area contributed by atoms with E-state index in [0.29, 0.717) is 10.9 Å². The van der Waals surface area contributed by atoms with Gasteiger partial charge in [0.2, 0.25) is 0 Å². The number of rotatable bonds is 7. The van der Waals surface area contributed by atoms with E-state index in [1.807, 2.05) is 36.4 Å². The van der Waals surface area contributed by atoms with Crippen molar-refractivity contribution in [3.8, 4) is 5.75 Å². The SMILES string of the molecule is CCC(C)c1ccccc1OCC(=O)N/N=C/c1cccc(Cl)c1. The maximum atomic E-state index is 11.8. The van der Waals surface area contributed by atoms with Gasteiger partial charge in [-0.15, -0.1) is 0 Å². The summed E-state index contributed by atoms with van der Waals surface area (Å²) in [6.45, 7) is 4.18. The number of benzene rings is 2. The molecule has 0 aliphatic carbocycles. The molecule has 1 amide bonds. The molecule has 2 aromatic rings. The Balaban J connectivity index is 1.88. The van der Waals surface area contributed by atoms with Crippen LogP contribution in [0, 0.1) is 0 Å². The van der Waals surface area contributed by atoms with Gasteiger partial charge in [-0.2, -0.15) is 5.10 Å². The Hall–Kier alpha value is -2.33. The zero-order valence-electron chi connectivity index (χ0n) is 13.8. The number of halogens is 1. The van der Waals surface area contributed by atoms with Crippen molar-refractivity contribution < 1.29 is 9.53 Å². The number of nitrogens with zero attached hydrogens (tertiary/aromatic N) is 1. The molecule has 0 fully saturated rings. The number of hydrazone groups is 1. The lowest BCUT2D eigenvalue weighted by Gasteiger charge is -2.15. The first-order valence-corrected chi connectivity index (χ1v) is 8.27. The van der Waals surface area contributed by atoms with Crippen LogP contribution in [0.2, 0.25) is 5.02 Å². The van der Waals surface area contributed by atoms with Crippen LogP contribution in [0.5, 0.6) is 5.75 Å². The van der Waals surface area contributed by atoms with Crippen molar-refractivity contribution in [2.45, 2.75) is 26.2 Å². The lowest BCUT2D eigenvalue weighted by Crippen LogP contribution is -2.24. The Morgan fingerprint density at radius 3 is 2.83 bits per heavy atom. The summed E-state index contributed by atoms with van der Waals surface area (Å²) in [4.78, 5) is 11.8. The molecule has 24 heavy (non-hydrogen) atoms. The number of ether oxygens (including phenoxy) is 1. The van der Waals surface area contributed by atoms with Crippen LogP contribution in [-0.4, -0.2) is 18.7 Å². The quantitative estimate of drug-likeness (QED) is 0.598. The summed E-state index contributed by atoms with van der Waals surface area (Å²) in [6.07, 6.45) is 2.55. The number of para-hydroxylation sites is 1. The molecular formula is C19H21ClN2O2. The van der Waals surface area contributed by atoms with Gasteiger partial charge in [-0.3, -0.25) is 4.79 Å². The van der Waals surface area contributed by atoms with E-state index in [1.54, 1.807) is 12.1 Å². The lowest BCUT2D eigenvalue weighted by atomic mass is 9.98. The van der Waals surface area contributed by atoms with Crippen LogP contribution >= 0.6 is 11.6 Å². The third kappa shape index (κ3) is 5.39. The average molecular weight is 345 g/mol. The first-order chi connectivity index (χ1) is 11.6. The standard InChI is InChI=1S/C19H21ClN2O2/c1-3-14(2)17-9-4-5-10-18(17)24-13-19(23)22-21-12-15-7-6-8-16(20)11-15/h4-12,14H,3,13H2,1-2H3,(H,22,23)/b21-12+. The highest BCUT2D eigenvalue weighted by atomic mass is 35.5. The molecule has 1 unspecified atom stereocenters. The van der Waals surface area contributed by atoms with E-state index in [0.717, 1.165) is 23.3 Å². The van der Waals surface area contributed by atoms with E-state index in [-0.39, 0.29) is 12.5 Å². The van der Waals surface area contributed by atoms with Gasteiger partial charge in [-0.05, 0) is 41.7 Å². The number of carbonyl (C=O) groups excluding carboxylic acids is 1. The van der Waals surface area contributed by atoms with Gasteiger partial charge >= 0.3 is 0 Å². The van der Waals surface area contributed by atoms with Gasteiger partial charge in [-0.25, -0.2) is 5.43 Å². The Kier molecular flexibility index (Phi) is 6.82. The van der Waals surface area contributed by atoms with Crippen molar-refractivity contribution in [2.24, 2.45) is 5.10 Å². The number of hydrogen-bond acceptors (Lipinski definition) is 3. The Morgan fingerprint density at radius 1 is 1.29 bits per heavy atom. The van der Waals surface area contributed by atoms with Crippen LogP contribution in [0.1, 0.15) is 37.3 Å². The van der Waals surface area contributed by atoms with Gasteiger partial charge in [-0.1, -0.05) is 55.8 Å². The predicted molar refractivity (Wildman–Crippen MR) is 97.8 cm³/mol. The van der Waals surface area contributed by atoms with Crippen LogP contribution in [0.3, 0.4) is 0 Å². The highest BCUT2D eigenvalue weighted by Gasteiger charge is 2.10. The van der Waals surface area contributed by atoms with E-state index in [4.69, 9.17) is 16.3 Å². The van der Waals surface area contributed by atoms with E-state index in [9.17, 15) is 4.79 Å². The molecule has 0 aromatic heterocycles. The summed E-state index contributed by atoms with van der Waals surface area (Å²) in [5.41, 5.74) is 4.36. The molecule has 126 valence electrons. The first-order valence-electron chi connectivity index (χ1n) is 7.89. The zero-order valence-corrected chi connectivity index (χ0v) is 14.6. The second-order valence-corrected chi connectivity index (χ2v) is 5.92. The van der Waals surface area contributed by atoms with Gasteiger partial charge in [0.05, 0.1) is 6.21 Å². The molecule has 2 aromatic carbocycles. The highest BCUT2D eigenvalue weighted by molar-refractivity contribution is 6.30. The van der Waals surface area contributed by atoms with Crippen molar-refractivity contribution in [3.05, 3.63) is 64.7 Å². The van der Waals surface area contributed by atoms with Crippen molar-refractivity contribution >= 4 is 23.7 Å². The van der Waals surface area contributed by atoms with Gasteiger partial charge in [0.25, 0.3) is 5.91 Å². The molecule has 0 heterocycles. The molecule has 0 aliphatic heterocycles. The third-order valence-electron chi connectivity index (χ3n) is 3.67. The minimum atomic E-state index is -0.313. The molecule has 0 aliphatic rings. The smallest absolute Gasteiger partial charge is 0.277 e. The Labute approximate surface area is 147 Å². The molecule has 4 nitrogen and oxygen atoms in total. The van der Waals surface area contributed by atoms with E-state index in [2.05, 4.69) is 24.4 Å². The molecule has 0 spiro atoms. The molecular weight excluding hydrogens is 324 g/mol. The monoisotopic (exact) mass is 344 g/mol. The van der Waals surface area contributed by atoms with Crippen LogP contribution in [0.4, 0.5) is 0 Å². The zero-order chi connectivity index (χ0) is 17.4. The first kappa shape index (κ1) is 18.0. The fraction of sp³-hybridized carbons (Fsp3) is 0.263. The number of amides is 1. The molecule has 0 saturated heterocycles. The molecule has 0 saturated carbocycles. The molecule has 2 rings (SSSR count). The van der Waals surface area contributed by atoms with Crippen LogP contribution < -0.4 is 10.2 Å². The van der Waals surface area contributed by atoms with Crippen molar-refractivity contribution in [3.63, 3.8) is 0 Å². The van der Waals surface area contributed by atoms with Gasteiger partial charge in [0, 0.05) is 5.02 Å². The van der Waals surface area contributed by atoms with Crippen molar-refractivity contribution in [2.75, 3.05) is 6.61 Å². The van der Waals surface area contributed by atoms with Gasteiger partial charge < -0.3 is 4.74 Å². The largest absolute Gasteiger partial charge is 0.483 e. The van der Waals surface area contributed by atoms with Crippen molar-refractivity contribution in [1.82, 2.24) is 5.43 Å². The van der Waals surface area contributed by atoms with Gasteiger partial charge in [0.15, 0.2) is 6.61 Å². The Morgan fingerprint density at radius 2 is 2.08 bits per heavy atom. The summed E-state index contributed by atoms with van der Waals surface area (Å²) < 4.78 is 5.64. The normalized spacial score (nSPS) is 12.1. The second-order valence-electron chi connectivity index (χ2n) is 5.48. The van der Waals surface area contributed by atoms with E-state index in [1.165, 1.54) is 6.21 Å². The minimum absolute atomic E-state index is 0.0830. The number of nitrogens with one attached hydrogen (secondary N) is 1. The maximum absolute atomic E-state index is 11.8. The Bertz CT molecular complexity index is 716. The lowest BCUT2D eigenvalue weighted by molar-refractivity contribution is -0.123. The molecule has 1 N–H and O–H groups in total. The summed E-state index contributed by atoms with van der Waals surface area (Å²) in [5, 5.41) is 4.53. The summed E-state index contributed by atoms with van der Waals surface area (Å²) in [6, 6.07) is 15.0. The molecule has 0 bridgehead atoms. The number of carbonyl (C=O) groups is 1. The van der Waals surface area contributed by atoms with Crippen molar-refractivity contribution in [1.29, 1.82) is 0 Å². The van der Waals surface area contributed by atoms with Gasteiger partial charge in [0.1, 0.15) is 5.75 Å². The third-order valence-corrected chi connectivity index (χ3v) is 3.91. The molecule has 0 radical (unpaired) electrons. The predicted octanol–water partition coefficient (Wildman–Crippen LogP) is 4.38. The fourth-order valence-electron chi connectivity index (χ4n) is 2.18. The second kappa shape index (κ2) is 9.08. The highest BCUT2D eigenvalue weighted by Crippen LogP contribution is 2.28. The maximum Gasteiger partial charge on any atom is 0.277 e. The van der Waals surface area contributed by atoms with E-state index >= 15 is 0 Å². The topological polar surface area (TPSA) is 50.7 Å². The molecule has 1 atom stereocenters. The summed E-state index contributed by atoms with van der Waals surface area (Å²) >= 11 is 5.89. The summed E-state index contributed by atoms with van der Waals surface area (Å²) in [7, 11) is 0. The fourth-order valence-corrected chi connectivity index (χ4v) is 2.38. The van der Waals surface area contributed by atoms with Crippen LogP contribution in [0.15, 0.2) is 53.6 Å². The van der Waals surface area contributed by atoms with Crippen LogP contribution in [-0.2, 0) is 4.79 Å². The molecule has 5 heteroatoms. The van der Waals surface area contributed by atoms with E-state index < -0.39 is 0 Å². The number of hydrogen-bond donors (Lipinski definition) is 1. The minimum Gasteiger partial charge on any atom is -0.483 e. The summed E-state index contributed by atoms with van der Waals surface area (Å²) in [5.74, 6) is 0.804. The van der Waals surface area contributed by atoms with Crippen LogP contribution in [0.25, 0.3) is 0 Å². The average Bonchev–Trinajstić information content (AvgIpc) is 2.59.